The second-order valence-electron chi connectivity index (χ2n) is 7.52. The summed E-state index contributed by atoms with van der Waals surface area (Å²) < 4.78 is 5.68. The number of likely N-dealkylation sites (tertiary alicyclic amines) is 1. The van der Waals surface area contributed by atoms with E-state index < -0.39 is 12.1 Å². The van der Waals surface area contributed by atoms with E-state index >= 15 is 0 Å². The van der Waals surface area contributed by atoms with Crippen LogP contribution in [0.5, 0.6) is 0 Å². The number of morpholine rings is 1. The quantitative estimate of drug-likeness (QED) is 0.880. The predicted octanol–water partition coefficient (Wildman–Crippen LogP) is 2.69. The Morgan fingerprint density at radius 1 is 1.24 bits per heavy atom. The molecule has 2 aliphatic heterocycles. The van der Waals surface area contributed by atoms with Crippen LogP contribution in [0.3, 0.4) is 0 Å². The van der Waals surface area contributed by atoms with Crippen LogP contribution in [-0.2, 0) is 14.3 Å². The highest BCUT2D eigenvalue weighted by Crippen LogP contribution is 2.45. The van der Waals surface area contributed by atoms with Gasteiger partial charge in [-0.2, -0.15) is 0 Å². The van der Waals surface area contributed by atoms with Crippen LogP contribution in [0, 0.1) is 5.41 Å². The summed E-state index contributed by atoms with van der Waals surface area (Å²) in [6.45, 7) is 1.51. The highest BCUT2D eigenvalue weighted by molar-refractivity contribution is 6.31. The maximum Gasteiger partial charge on any atom is 0.254 e. The van der Waals surface area contributed by atoms with E-state index in [1.165, 1.54) is 25.7 Å². The number of carbonyl (C=O) groups is 2. The van der Waals surface area contributed by atoms with Gasteiger partial charge in [0.2, 0.25) is 5.91 Å². The van der Waals surface area contributed by atoms with Gasteiger partial charge in [0, 0.05) is 18.1 Å². The number of hydrogen-bond acceptors (Lipinski definition) is 3. The first-order valence-corrected chi connectivity index (χ1v) is 9.40. The largest absolute Gasteiger partial charge is 0.356 e. The summed E-state index contributed by atoms with van der Waals surface area (Å²) in [4.78, 5) is 26.9. The summed E-state index contributed by atoms with van der Waals surface area (Å²) in [6, 6.07) is 6.75. The summed E-state index contributed by atoms with van der Waals surface area (Å²) in [5.41, 5.74) is 1.04. The average Bonchev–Trinajstić information content (AvgIpc) is 3.25. The van der Waals surface area contributed by atoms with E-state index in [9.17, 15) is 9.59 Å². The molecule has 0 radical (unpaired) electrons. The third kappa shape index (κ3) is 3.15. The smallest absolute Gasteiger partial charge is 0.254 e. The Morgan fingerprint density at radius 3 is 2.76 bits per heavy atom. The van der Waals surface area contributed by atoms with E-state index in [0.717, 1.165) is 25.1 Å². The van der Waals surface area contributed by atoms with Gasteiger partial charge in [-0.25, -0.2) is 0 Å². The number of halogens is 1. The van der Waals surface area contributed by atoms with Gasteiger partial charge < -0.3 is 15.0 Å². The molecule has 25 heavy (non-hydrogen) atoms. The number of benzene rings is 1. The molecule has 5 nitrogen and oxygen atoms in total. The molecule has 2 saturated heterocycles. The second-order valence-corrected chi connectivity index (χ2v) is 7.92. The van der Waals surface area contributed by atoms with Gasteiger partial charge in [0.25, 0.3) is 5.91 Å². The minimum absolute atomic E-state index is 0.0336. The molecule has 1 N–H and O–H groups in total. The van der Waals surface area contributed by atoms with Crippen LogP contribution in [0.1, 0.15) is 43.7 Å². The molecule has 0 unspecified atom stereocenters. The van der Waals surface area contributed by atoms with Gasteiger partial charge in [0.05, 0.1) is 6.04 Å². The number of nitrogens with zero attached hydrogens (tertiary/aromatic N) is 1. The monoisotopic (exact) mass is 362 g/mol. The average molecular weight is 363 g/mol. The Balaban J connectivity index is 1.55. The predicted molar refractivity (Wildman–Crippen MR) is 94.2 cm³/mol. The lowest BCUT2D eigenvalue weighted by molar-refractivity contribution is -0.154. The van der Waals surface area contributed by atoms with Gasteiger partial charge in [-0.15, -0.1) is 0 Å². The molecular formula is C19H23ClN2O3. The molecule has 1 aromatic rings. The van der Waals surface area contributed by atoms with E-state index in [2.05, 4.69) is 5.32 Å². The molecule has 6 heteroatoms. The van der Waals surface area contributed by atoms with Crippen molar-refractivity contribution in [2.45, 2.75) is 44.2 Å². The van der Waals surface area contributed by atoms with Gasteiger partial charge >= 0.3 is 0 Å². The zero-order chi connectivity index (χ0) is 17.4. The van der Waals surface area contributed by atoms with Crippen molar-refractivity contribution in [2.24, 2.45) is 5.41 Å². The van der Waals surface area contributed by atoms with Gasteiger partial charge in [-0.05, 0) is 36.3 Å². The molecule has 3 aliphatic rings. The summed E-state index contributed by atoms with van der Waals surface area (Å²) in [7, 11) is 0. The first kappa shape index (κ1) is 16.9. The van der Waals surface area contributed by atoms with Crippen LogP contribution in [0.2, 0.25) is 5.02 Å². The maximum atomic E-state index is 13.1. The fourth-order valence-electron chi connectivity index (χ4n) is 4.57. The number of ether oxygens (including phenoxy) is 1. The highest BCUT2D eigenvalue weighted by Gasteiger charge is 2.46. The molecule has 1 spiro atoms. The number of carbonyl (C=O) groups excluding carboxylic acids is 2. The molecular weight excluding hydrogens is 340 g/mol. The van der Waals surface area contributed by atoms with Crippen LogP contribution in [0.15, 0.2) is 24.3 Å². The van der Waals surface area contributed by atoms with Crippen LogP contribution >= 0.6 is 11.6 Å². The molecule has 134 valence electrons. The van der Waals surface area contributed by atoms with E-state index in [1.807, 2.05) is 23.1 Å². The van der Waals surface area contributed by atoms with Crippen LogP contribution in [-0.4, -0.2) is 42.5 Å². The van der Waals surface area contributed by atoms with Crippen molar-refractivity contribution in [1.82, 2.24) is 10.2 Å². The summed E-state index contributed by atoms with van der Waals surface area (Å²) in [5.74, 6) is -0.253. The van der Waals surface area contributed by atoms with Crippen LogP contribution < -0.4 is 5.32 Å². The molecule has 2 atom stereocenters. The summed E-state index contributed by atoms with van der Waals surface area (Å²) in [6.07, 6.45) is 5.32. The Kier molecular flexibility index (Phi) is 4.46. The van der Waals surface area contributed by atoms with Gasteiger partial charge in [0.1, 0.15) is 6.61 Å². The summed E-state index contributed by atoms with van der Waals surface area (Å²) >= 11 is 6.30. The van der Waals surface area contributed by atoms with E-state index in [-0.39, 0.29) is 18.4 Å². The third-order valence-electron chi connectivity index (χ3n) is 5.91. The lowest BCUT2D eigenvalue weighted by Gasteiger charge is -2.35. The summed E-state index contributed by atoms with van der Waals surface area (Å²) in [5, 5.41) is 3.43. The van der Waals surface area contributed by atoms with Crippen LogP contribution in [0.25, 0.3) is 0 Å². The normalized spacial score (nSPS) is 28.4. The SMILES string of the molecule is O=C1CO[C@H](C(=O)N2CCC3(CCCC3)C2)[C@@H](c2ccccc2Cl)N1. The topological polar surface area (TPSA) is 58.6 Å². The molecule has 1 aromatic carbocycles. The first-order valence-electron chi connectivity index (χ1n) is 9.02. The molecule has 1 aliphatic carbocycles. The first-order chi connectivity index (χ1) is 12.1. The van der Waals surface area contributed by atoms with Crippen LogP contribution in [0.4, 0.5) is 0 Å². The van der Waals surface area contributed by atoms with E-state index in [0.29, 0.717) is 10.4 Å². The Labute approximate surface area is 152 Å². The number of amides is 2. The van der Waals surface area contributed by atoms with Crippen molar-refractivity contribution in [1.29, 1.82) is 0 Å². The fourth-order valence-corrected chi connectivity index (χ4v) is 4.82. The Morgan fingerprint density at radius 2 is 2.00 bits per heavy atom. The lowest BCUT2D eigenvalue weighted by atomic mass is 9.86. The van der Waals surface area contributed by atoms with Gasteiger partial charge in [0.15, 0.2) is 6.10 Å². The van der Waals surface area contributed by atoms with Crippen molar-refractivity contribution in [2.75, 3.05) is 19.7 Å². The minimum atomic E-state index is -0.714. The molecule has 3 fully saturated rings. The Hall–Kier alpha value is -1.59. The van der Waals surface area contributed by atoms with Crippen molar-refractivity contribution in [3.63, 3.8) is 0 Å². The van der Waals surface area contributed by atoms with E-state index in [4.69, 9.17) is 16.3 Å². The molecule has 0 aromatic heterocycles. The van der Waals surface area contributed by atoms with Gasteiger partial charge in [-0.1, -0.05) is 42.6 Å². The molecule has 1 saturated carbocycles. The molecule has 2 heterocycles. The van der Waals surface area contributed by atoms with Crippen molar-refractivity contribution in [3.05, 3.63) is 34.9 Å². The third-order valence-corrected chi connectivity index (χ3v) is 6.26. The zero-order valence-electron chi connectivity index (χ0n) is 14.2. The van der Waals surface area contributed by atoms with E-state index in [1.54, 1.807) is 6.07 Å². The molecule has 4 rings (SSSR count). The fraction of sp³-hybridized carbons (Fsp3) is 0.579. The molecule has 2 amide bonds. The Bertz CT molecular complexity index is 687. The lowest BCUT2D eigenvalue weighted by Crippen LogP contribution is -2.53. The number of hydrogen-bond donors (Lipinski definition) is 1. The maximum absolute atomic E-state index is 13.1. The molecule has 0 bridgehead atoms. The minimum Gasteiger partial charge on any atom is -0.356 e. The van der Waals surface area contributed by atoms with Crippen molar-refractivity contribution in [3.8, 4) is 0 Å². The second kappa shape index (κ2) is 6.61. The zero-order valence-corrected chi connectivity index (χ0v) is 14.9. The van der Waals surface area contributed by atoms with Crippen molar-refractivity contribution < 1.29 is 14.3 Å². The standard InChI is InChI=1S/C19H23ClN2O3/c20-14-6-2-1-5-13(14)16-17(25-11-15(23)21-16)18(24)22-10-9-19(12-22)7-3-4-8-19/h1-2,5-6,16-17H,3-4,7-12H2,(H,21,23)/t16-,17+/m1/s1. The highest BCUT2D eigenvalue weighted by atomic mass is 35.5. The van der Waals surface area contributed by atoms with Gasteiger partial charge in [-0.3, -0.25) is 9.59 Å². The number of rotatable bonds is 2. The number of nitrogens with one attached hydrogen (secondary N) is 1. The van der Waals surface area contributed by atoms with Crippen molar-refractivity contribution >= 4 is 23.4 Å².